The van der Waals surface area contributed by atoms with Crippen LogP contribution < -0.4 is 9.47 Å². The minimum absolute atomic E-state index is 0.0659. The molecule has 0 bridgehead atoms. The van der Waals surface area contributed by atoms with Gasteiger partial charge >= 0.3 is 0 Å². The number of nitrogens with one attached hydrogen (secondary N) is 1. The molecule has 2 aliphatic carbocycles. The van der Waals surface area contributed by atoms with Crippen LogP contribution in [0.2, 0.25) is 0 Å². The van der Waals surface area contributed by atoms with Crippen LogP contribution in [0, 0.1) is 33.9 Å². The van der Waals surface area contributed by atoms with Gasteiger partial charge in [-0.3, -0.25) is 9.59 Å². The van der Waals surface area contributed by atoms with E-state index >= 15 is 0 Å². The van der Waals surface area contributed by atoms with Gasteiger partial charge in [-0.15, -0.1) is 0 Å². The van der Waals surface area contributed by atoms with Gasteiger partial charge in [0, 0.05) is 69.6 Å². The average molecular weight is 788 g/mol. The number of allylic oxidation sites excluding steroid dienone is 1. The molecule has 12 heteroatoms. The van der Waals surface area contributed by atoms with Crippen molar-refractivity contribution in [2.45, 2.75) is 98.5 Å². The number of alkyl halides is 2. The van der Waals surface area contributed by atoms with Gasteiger partial charge in [0.1, 0.15) is 23.6 Å². The fourth-order valence-corrected chi connectivity index (χ4v) is 7.09. The lowest BCUT2D eigenvalue weighted by Gasteiger charge is -2.49. The van der Waals surface area contributed by atoms with Gasteiger partial charge in [-0.05, 0) is 74.9 Å². The number of rotatable bonds is 10. The maximum absolute atomic E-state index is 13.5. The maximum Gasteiger partial charge on any atom is 0.255 e. The number of halogens is 3. The van der Waals surface area contributed by atoms with Crippen LogP contribution in [0.25, 0.3) is 0 Å². The van der Waals surface area contributed by atoms with Crippen molar-refractivity contribution in [3.8, 4) is 11.5 Å². The predicted molar refractivity (Wildman–Crippen MR) is 216 cm³/mol. The first-order valence-corrected chi connectivity index (χ1v) is 19.7. The molecule has 4 aliphatic rings. The van der Waals surface area contributed by atoms with Crippen LogP contribution in [0.4, 0.5) is 13.2 Å². The molecule has 2 N–H and O–H groups in total. The minimum atomic E-state index is -2.65. The number of likely N-dealkylation sites (tertiary alicyclic amines) is 2. The number of ether oxygens (including phenoxy) is 2. The first-order chi connectivity index (χ1) is 26.6. The van der Waals surface area contributed by atoms with Crippen LogP contribution in [0.5, 0.6) is 11.5 Å². The zero-order valence-corrected chi connectivity index (χ0v) is 34.6. The summed E-state index contributed by atoms with van der Waals surface area (Å²) in [6.45, 7) is 15.4. The van der Waals surface area contributed by atoms with E-state index in [4.69, 9.17) is 20.0 Å². The normalized spacial score (nSPS) is 21.4. The van der Waals surface area contributed by atoms with Crippen molar-refractivity contribution in [2.24, 2.45) is 22.7 Å². The van der Waals surface area contributed by atoms with Gasteiger partial charge in [-0.2, -0.15) is 0 Å². The molecule has 1 spiro atoms. The van der Waals surface area contributed by atoms with Gasteiger partial charge in [0.15, 0.2) is 6.29 Å². The zero-order chi connectivity index (χ0) is 42.1. The van der Waals surface area contributed by atoms with E-state index in [1.807, 2.05) is 14.0 Å². The molecule has 6 rings (SSSR count). The molecule has 2 saturated carbocycles. The number of hydrogen-bond acceptors (Lipinski definition) is 8. The number of aliphatic hydroxyl groups is 1. The van der Waals surface area contributed by atoms with E-state index in [-0.39, 0.29) is 60.4 Å². The lowest BCUT2D eigenvalue weighted by molar-refractivity contribution is -0.126. The SMILES string of the molecule is C/C=C(\C=N)C(=O)N1CC(COc2cccc(OC3CCC(F)(F)CC3)c2C=O)C2(CN(C)C2)C1.CC1(C)CC1C=O.CCC.CCc1ccc(F)cc1.CO. The number of carbonyl (C=O) groups is 3. The Kier molecular flexibility index (Phi) is 19.5. The van der Waals surface area contributed by atoms with E-state index in [2.05, 4.69) is 32.6 Å². The van der Waals surface area contributed by atoms with Crippen LogP contribution in [0.1, 0.15) is 96.0 Å². The molecule has 2 aromatic carbocycles. The van der Waals surface area contributed by atoms with Crippen molar-refractivity contribution < 1.29 is 42.1 Å². The maximum atomic E-state index is 13.5. The second kappa shape index (κ2) is 22.6. The van der Waals surface area contributed by atoms with Crippen LogP contribution in [-0.2, 0) is 16.0 Å². The summed E-state index contributed by atoms with van der Waals surface area (Å²) in [6, 6.07) is 11.7. The number of nitrogens with zero attached hydrogens (tertiary/aromatic N) is 2. The number of aryl methyl sites for hydroxylation is 1. The van der Waals surface area contributed by atoms with E-state index in [0.29, 0.717) is 54.4 Å². The largest absolute Gasteiger partial charge is 0.492 e. The van der Waals surface area contributed by atoms with Gasteiger partial charge in [0.25, 0.3) is 5.91 Å². The molecule has 2 unspecified atom stereocenters. The molecule has 4 fully saturated rings. The molecule has 2 atom stereocenters. The third-order valence-corrected chi connectivity index (χ3v) is 10.6. The van der Waals surface area contributed by atoms with E-state index in [1.165, 1.54) is 24.1 Å². The van der Waals surface area contributed by atoms with Crippen molar-refractivity contribution in [3.05, 3.63) is 71.1 Å². The summed E-state index contributed by atoms with van der Waals surface area (Å²) in [6.07, 6.45) is 7.47. The average Bonchev–Trinajstić information content (AvgIpc) is 3.64. The number of amides is 1. The number of carbonyl (C=O) groups excluding carboxylic acids is 3. The molecule has 0 aromatic heterocycles. The molecule has 2 aliphatic heterocycles. The van der Waals surface area contributed by atoms with Crippen LogP contribution in [0.15, 0.2) is 54.1 Å². The summed E-state index contributed by atoms with van der Waals surface area (Å²) in [4.78, 5) is 38.8. The summed E-state index contributed by atoms with van der Waals surface area (Å²) in [5, 5.41) is 14.5. The van der Waals surface area contributed by atoms with Gasteiger partial charge in [-0.25, -0.2) is 13.2 Å². The Hall–Kier alpha value is -4.03. The molecular weight excluding hydrogens is 723 g/mol. The molecule has 2 aromatic rings. The van der Waals surface area contributed by atoms with E-state index < -0.39 is 5.92 Å². The van der Waals surface area contributed by atoms with Gasteiger partial charge in [0.2, 0.25) is 5.92 Å². The highest BCUT2D eigenvalue weighted by molar-refractivity contribution is 6.11. The first kappa shape index (κ1) is 48.1. The summed E-state index contributed by atoms with van der Waals surface area (Å²) < 4.78 is 51.3. The number of aliphatic hydroxyl groups excluding tert-OH is 1. The van der Waals surface area contributed by atoms with Gasteiger partial charge in [-0.1, -0.05) is 65.3 Å². The molecule has 56 heavy (non-hydrogen) atoms. The fourth-order valence-electron chi connectivity index (χ4n) is 7.09. The highest BCUT2D eigenvalue weighted by Gasteiger charge is 2.54. The lowest BCUT2D eigenvalue weighted by atomic mass is 9.72. The Bertz CT molecular complexity index is 1570. The van der Waals surface area contributed by atoms with Crippen LogP contribution >= 0.6 is 0 Å². The van der Waals surface area contributed by atoms with Crippen molar-refractivity contribution in [3.63, 3.8) is 0 Å². The molecule has 0 radical (unpaired) electrons. The Labute approximate surface area is 332 Å². The predicted octanol–water partition coefficient (Wildman–Crippen LogP) is 8.46. The van der Waals surface area contributed by atoms with Crippen molar-refractivity contribution >= 4 is 24.7 Å². The third kappa shape index (κ3) is 13.9. The van der Waals surface area contributed by atoms with E-state index in [0.717, 1.165) is 45.5 Å². The lowest BCUT2D eigenvalue weighted by Crippen LogP contribution is -2.59. The second-order valence-electron chi connectivity index (χ2n) is 15.7. The van der Waals surface area contributed by atoms with Crippen molar-refractivity contribution in [2.75, 3.05) is 46.9 Å². The molecular formula is C44H64F3N3O6. The quantitative estimate of drug-likeness (QED) is 0.141. The Morgan fingerprint density at radius 3 is 2.00 bits per heavy atom. The van der Waals surface area contributed by atoms with Crippen LogP contribution in [-0.4, -0.2) is 98.6 Å². The number of benzene rings is 2. The molecule has 1 amide bonds. The fraction of sp³-hybridized carbons (Fsp3) is 0.591. The standard InChI is InChI=1S/C26H33F2N3O4.C8H9F.C6H10O.C3H8.CH4O/c1-3-18(11-29)24(33)31-12-19(25(17-31)15-30(2)16-25)14-34-22-5-4-6-23(21(22)13-32)35-20-7-9-26(27,28)10-8-20;1-2-7-3-5-8(9)6-4-7;1-6(2)3-5(6)4-7;1-3-2;1-2/h3-6,11,13,19-20,29H,7-10,12,14-17H2,1-2H3;3-6H,2H2,1H3;4-5H,3H2,1-2H3;3H2,1-2H3;2H,1H3/b18-3+,29-11?;;;;. The molecule has 9 nitrogen and oxygen atoms in total. The minimum Gasteiger partial charge on any atom is -0.492 e. The highest BCUT2D eigenvalue weighted by atomic mass is 19.3. The van der Waals surface area contributed by atoms with Gasteiger partial charge in [0.05, 0.1) is 23.8 Å². The molecule has 2 heterocycles. The Morgan fingerprint density at radius 1 is 0.982 bits per heavy atom. The monoisotopic (exact) mass is 787 g/mol. The molecule has 2 saturated heterocycles. The Morgan fingerprint density at radius 2 is 1.55 bits per heavy atom. The first-order valence-electron chi connectivity index (χ1n) is 19.7. The zero-order valence-electron chi connectivity index (χ0n) is 34.6. The van der Waals surface area contributed by atoms with Crippen molar-refractivity contribution in [1.29, 1.82) is 5.41 Å². The molecule has 312 valence electrons. The van der Waals surface area contributed by atoms with Crippen LogP contribution in [0.3, 0.4) is 0 Å². The summed E-state index contributed by atoms with van der Waals surface area (Å²) in [7, 11) is 3.04. The summed E-state index contributed by atoms with van der Waals surface area (Å²) in [5.41, 5.74) is 2.07. The Balaban J connectivity index is 0.000000418. The summed E-state index contributed by atoms with van der Waals surface area (Å²) >= 11 is 0. The van der Waals surface area contributed by atoms with E-state index in [9.17, 15) is 27.6 Å². The third-order valence-electron chi connectivity index (χ3n) is 10.6. The highest BCUT2D eigenvalue weighted by Crippen LogP contribution is 2.50. The smallest absolute Gasteiger partial charge is 0.255 e. The topological polar surface area (TPSA) is 120 Å². The van der Waals surface area contributed by atoms with Crippen molar-refractivity contribution in [1.82, 2.24) is 9.80 Å². The second-order valence-corrected chi connectivity index (χ2v) is 15.7. The summed E-state index contributed by atoms with van der Waals surface area (Å²) in [5.74, 6) is -1.79. The van der Waals surface area contributed by atoms with Gasteiger partial charge < -0.3 is 34.6 Å². The van der Waals surface area contributed by atoms with E-state index in [1.54, 1.807) is 48.2 Å². The number of hydrogen-bond donors (Lipinski definition) is 2. The number of aldehydes is 2.